The number of ether oxygens (including phenoxy) is 1. The van der Waals surface area contributed by atoms with Gasteiger partial charge in [-0.3, -0.25) is 9.69 Å². The van der Waals surface area contributed by atoms with E-state index in [9.17, 15) is 18.0 Å². The summed E-state index contributed by atoms with van der Waals surface area (Å²) in [6.07, 6.45) is 3.27. The summed E-state index contributed by atoms with van der Waals surface area (Å²) >= 11 is 0. The number of halogens is 3. The van der Waals surface area contributed by atoms with Crippen molar-refractivity contribution in [3.8, 4) is 11.1 Å². The fourth-order valence-electron chi connectivity index (χ4n) is 4.36. The molecule has 3 aromatic heterocycles. The molecule has 0 bridgehead atoms. The quantitative estimate of drug-likeness (QED) is 0.411. The minimum absolute atomic E-state index is 0.0628. The number of fused-ring (bicyclic) bond motifs is 1. The summed E-state index contributed by atoms with van der Waals surface area (Å²) in [6, 6.07) is 9.41. The molecular weight excluding hydrogens is 471 g/mol. The molecule has 7 nitrogen and oxygen atoms in total. The van der Waals surface area contributed by atoms with Crippen LogP contribution in [0, 0.1) is 17.5 Å². The number of hydrogen-bond donors (Lipinski definition) is 1. The van der Waals surface area contributed by atoms with Gasteiger partial charge in [-0.2, -0.15) is 0 Å². The number of aryl methyl sites for hydroxylation is 1. The van der Waals surface area contributed by atoms with Crippen molar-refractivity contribution in [3.63, 3.8) is 0 Å². The van der Waals surface area contributed by atoms with E-state index >= 15 is 0 Å². The standard InChI is InChI=1S/C26H24F3N5O2/c27-18-5-6-23(31-16-18)32-24-14-22-17(15-30-24)13-19(25-20(28)3-1-4-21(25)29)26(35)34(22)8-2-7-33-9-11-36-12-10-33/h1,3-6,13-16H,2,7-12H2,(H,30,31,32). The van der Waals surface area contributed by atoms with Crippen LogP contribution in [0.3, 0.4) is 0 Å². The molecule has 1 aromatic carbocycles. The first-order valence-electron chi connectivity index (χ1n) is 11.7. The Hall–Kier alpha value is -3.76. The lowest BCUT2D eigenvalue weighted by Gasteiger charge is -2.26. The normalized spacial score (nSPS) is 14.3. The van der Waals surface area contributed by atoms with Gasteiger partial charge in [0.1, 0.15) is 29.1 Å². The van der Waals surface area contributed by atoms with Crippen LogP contribution in [0.1, 0.15) is 6.42 Å². The second kappa shape index (κ2) is 10.5. The molecule has 4 aromatic rings. The monoisotopic (exact) mass is 495 g/mol. The maximum absolute atomic E-state index is 14.6. The van der Waals surface area contributed by atoms with Gasteiger partial charge in [0.2, 0.25) is 0 Å². The molecule has 1 fully saturated rings. The zero-order valence-corrected chi connectivity index (χ0v) is 19.4. The van der Waals surface area contributed by atoms with Crippen LogP contribution in [0.2, 0.25) is 0 Å². The summed E-state index contributed by atoms with van der Waals surface area (Å²) in [5, 5.41) is 3.55. The predicted molar refractivity (Wildman–Crippen MR) is 131 cm³/mol. The van der Waals surface area contributed by atoms with Gasteiger partial charge in [-0.15, -0.1) is 0 Å². The Morgan fingerprint density at radius 1 is 0.917 bits per heavy atom. The third-order valence-corrected chi connectivity index (χ3v) is 6.15. The van der Waals surface area contributed by atoms with Gasteiger partial charge in [0, 0.05) is 43.8 Å². The number of nitrogens with one attached hydrogen (secondary N) is 1. The SMILES string of the molecule is O=c1c(-c2c(F)cccc2F)cc2cnc(Nc3ccc(F)cn3)cc2n1CCCN1CCOCC1. The highest BCUT2D eigenvalue weighted by molar-refractivity contribution is 5.85. The van der Waals surface area contributed by atoms with Gasteiger partial charge in [-0.1, -0.05) is 6.07 Å². The van der Waals surface area contributed by atoms with Crippen molar-refractivity contribution in [2.75, 3.05) is 38.2 Å². The molecule has 1 saturated heterocycles. The molecule has 0 aliphatic carbocycles. The Morgan fingerprint density at radius 2 is 1.67 bits per heavy atom. The Bertz CT molecular complexity index is 1420. The second-order valence-electron chi connectivity index (χ2n) is 8.53. The fourth-order valence-corrected chi connectivity index (χ4v) is 4.36. The van der Waals surface area contributed by atoms with Crippen molar-refractivity contribution in [1.29, 1.82) is 0 Å². The molecule has 4 heterocycles. The number of benzene rings is 1. The van der Waals surface area contributed by atoms with Crippen molar-refractivity contribution >= 4 is 22.5 Å². The molecule has 0 unspecified atom stereocenters. The second-order valence-corrected chi connectivity index (χ2v) is 8.53. The van der Waals surface area contributed by atoms with Gasteiger partial charge in [-0.25, -0.2) is 23.1 Å². The van der Waals surface area contributed by atoms with Crippen molar-refractivity contribution in [3.05, 3.63) is 82.7 Å². The number of hydrogen-bond acceptors (Lipinski definition) is 6. The first-order valence-corrected chi connectivity index (χ1v) is 11.7. The molecule has 186 valence electrons. The number of nitrogens with zero attached hydrogens (tertiary/aromatic N) is 4. The van der Waals surface area contributed by atoms with Gasteiger partial charge >= 0.3 is 0 Å². The summed E-state index contributed by atoms with van der Waals surface area (Å²) in [6.45, 7) is 4.07. The fraction of sp³-hybridized carbons (Fsp3) is 0.269. The highest BCUT2D eigenvalue weighted by Gasteiger charge is 2.19. The van der Waals surface area contributed by atoms with Crippen LogP contribution in [0.25, 0.3) is 22.0 Å². The topological polar surface area (TPSA) is 72.3 Å². The molecule has 10 heteroatoms. The molecule has 0 radical (unpaired) electrons. The van der Waals surface area contributed by atoms with E-state index in [1.54, 1.807) is 6.07 Å². The Balaban J connectivity index is 1.55. The maximum atomic E-state index is 14.6. The molecule has 5 rings (SSSR count). The summed E-state index contributed by atoms with van der Waals surface area (Å²) in [4.78, 5) is 24.2. The van der Waals surface area contributed by atoms with Crippen molar-refractivity contribution < 1.29 is 17.9 Å². The molecule has 1 aliphatic rings. The smallest absolute Gasteiger partial charge is 0.259 e. The molecule has 36 heavy (non-hydrogen) atoms. The molecule has 1 N–H and O–H groups in total. The Labute approximate surface area is 205 Å². The third kappa shape index (κ3) is 5.09. The average Bonchev–Trinajstić information content (AvgIpc) is 2.88. The molecule has 0 saturated carbocycles. The number of aromatic nitrogens is 3. The molecule has 0 spiro atoms. The minimum atomic E-state index is -0.806. The van der Waals surface area contributed by atoms with Crippen LogP contribution < -0.4 is 10.9 Å². The summed E-state index contributed by atoms with van der Waals surface area (Å²) in [7, 11) is 0. The number of rotatable bonds is 7. The van der Waals surface area contributed by atoms with Crippen LogP contribution in [0.5, 0.6) is 0 Å². The van der Waals surface area contributed by atoms with Gasteiger partial charge < -0.3 is 14.6 Å². The van der Waals surface area contributed by atoms with Crippen molar-refractivity contribution in [2.45, 2.75) is 13.0 Å². The van der Waals surface area contributed by atoms with E-state index in [-0.39, 0.29) is 11.1 Å². The van der Waals surface area contributed by atoms with E-state index in [2.05, 4.69) is 20.2 Å². The lowest BCUT2D eigenvalue weighted by atomic mass is 10.0. The zero-order chi connectivity index (χ0) is 25.1. The molecule has 0 amide bonds. The van der Waals surface area contributed by atoms with E-state index in [4.69, 9.17) is 4.74 Å². The van der Waals surface area contributed by atoms with E-state index in [1.165, 1.54) is 35.0 Å². The minimum Gasteiger partial charge on any atom is -0.379 e. The Morgan fingerprint density at radius 3 is 2.39 bits per heavy atom. The van der Waals surface area contributed by atoms with Crippen LogP contribution >= 0.6 is 0 Å². The lowest BCUT2D eigenvalue weighted by Crippen LogP contribution is -2.37. The van der Waals surface area contributed by atoms with Crippen LogP contribution in [0.4, 0.5) is 24.8 Å². The predicted octanol–water partition coefficient (Wildman–Crippen LogP) is 4.34. The van der Waals surface area contributed by atoms with Crippen LogP contribution in [-0.4, -0.2) is 52.3 Å². The number of anilines is 2. The molecule has 0 atom stereocenters. The van der Waals surface area contributed by atoms with Crippen LogP contribution in [0.15, 0.2) is 59.7 Å². The van der Waals surface area contributed by atoms with Gasteiger partial charge in [-0.05, 0) is 36.8 Å². The van der Waals surface area contributed by atoms with Crippen LogP contribution in [-0.2, 0) is 11.3 Å². The van der Waals surface area contributed by atoms with Gasteiger partial charge in [0.15, 0.2) is 0 Å². The van der Waals surface area contributed by atoms with Crippen molar-refractivity contribution in [2.24, 2.45) is 0 Å². The first kappa shape index (κ1) is 24.0. The number of morpholine rings is 1. The lowest BCUT2D eigenvalue weighted by molar-refractivity contribution is 0.0369. The average molecular weight is 496 g/mol. The van der Waals surface area contributed by atoms with E-state index in [0.29, 0.717) is 48.7 Å². The maximum Gasteiger partial charge on any atom is 0.259 e. The molecular formula is C26H24F3N5O2. The van der Waals surface area contributed by atoms with Crippen molar-refractivity contribution in [1.82, 2.24) is 19.4 Å². The summed E-state index contributed by atoms with van der Waals surface area (Å²) in [5.74, 6) is -1.30. The highest BCUT2D eigenvalue weighted by Crippen LogP contribution is 2.27. The third-order valence-electron chi connectivity index (χ3n) is 6.15. The summed E-state index contributed by atoms with van der Waals surface area (Å²) < 4.78 is 49.4. The van der Waals surface area contributed by atoms with Gasteiger partial charge in [0.25, 0.3) is 5.56 Å². The summed E-state index contributed by atoms with van der Waals surface area (Å²) in [5.41, 5.74) is -0.358. The van der Waals surface area contributed by atoms with E-state index < -0.39 is 23.0 Å². The zero-order valence-electron chi connectivity index (χ0n) is 19.4. The molecule has 1 aliphatic heterocycles. The number of pyridine rings is 3. The Kier molecular flexibility index (Phi) is 6.97. The van der Waals surface area contributed by atoms with Gasteiger partial charge in [0.05, 0.1) is 36.1 Å². The van der Waals surface area contributed by atoms with E-state index in [0.717, 1.165) is 38.0 Å². The van der Waals surface area contributed by atoms with E-state index in [1.807, 2.05) is 0 Å². The largest absolute Gasteiger partial charge is 0.379 e. The highest BCUT2D eigenvalue weighted by atomic mass is 19.1. The first-order chi connectivity index (χ1) is 17.5.